The molecule has 45 heavy (non-hydrogen) atoms. The largest absolute Gasteiger partial charge is 0.489 e. The second kappa shape index (κ2) is 12.7. The van der Waals surface area contributed by atoms with Crippen LogP contribution in [0.3, 0.4) is 0 Å². The van der Waals surface area contributed by atoms with Crippen LogP contribution >= 0.6 is 0 Å². The van der Waals surface area contributed by atoms with Crippen molar-refractivity contribution < 1.29 is 37.0 Å². The monoisotopic (exact) mass is 628 g/mol. The zero-order valence-electron chi connectivity index (χ0n) is 26.1. The van der Waals surface area contributed by atoms with Gasteiger partial charge >= 0.3 is 12.3 Å². The fraction of sp³-hybridized carbons (Fsp3) is 0.485. The lowest BCUT2D eigenvalue weighted by atomic mass is 9.92. The van der Waals surface area contributed by atoms with Crippen molar-refractivity contribution in [2.45, 2.75) is 76.9 Å². The van der Waals surface area contributed by atoms with Crippen molar-refractivity contribution in [2.24, 2.45) is 12.0 Å². The van der Waals surface area contributed by atoms with E-state index in [1.807, 2.05) is 74.4 Å². The Morgan fingerprint density at radius 3 is 2.47 bits per heavy atom. The van der Waals surface area contributed by atoms with Gasteiger partial charge in [-0.3, -0.25) is 19.1 Å². The van der Waals surface area contributed by atoms with Crippen LogP contribution in [0.5, 0.6) is 5.75 Å². The molecule has 1 aromatic heterocycles. The zero-order valence-corrected chi connectivity index (χ0v) is 26.1. The van der Waals surface area contributed by atoms with E-state index >= 15 is 0 Å². The zero-order chi connectivity index (χ0) is 32.5. The Kier molecular flexibility index (Phi) is 9.16. The van der Waals surface area contributed by atoms with Crippen molar-refractivity contribution in [3.8, 4) is 5.75 Å². The Morgan fingerprint density at radius 2 is 1.82 bits per heavy atom. The molecule has 2 amide bonds. The number of cyclic esters (lactones) is 1. The number of rotatable bonds is 8. The van der Waals surface area contributed by atoms with Gasteiger partial charge in [0.2, 0.25) is 0 Å². The summed E-state index contributed by atoms with van der Waals surface area (Å²) in [5.74, 6) is -0.967. The first-order chi connectivity index (χ1) is 21.2. The summed E-state index contributed by atoms with van der Waals surface area (Å²) >= 11 is 0. The Morgan fingerprint density at radius 1 is 1.09 bits per heavy atom. The first-order valence-electron chi connectivity index (χ1n) is 15.1. The van der Waals surface area contributed by atoms with Gasteiger partial charge in [0, 0.05) is 30.8 Å². The Bertz CT molecular complexity index is 1600. The Balaban J connectivity index is 1.43. The highest BCUT2D eigenvalue weighted by Crippen LogP contribution is 2.34. The maximum atomic E-state index is 13.7. The lowest BCUT2D eigenvalue weighted by molar-refractivity contribution is -0.137. The molecule has 2 aliphatic rings. The van der Waals surface area contributed by atoms with Gasteiger partial charge in [-0.1, -0.05) is 51.1 Å². The molecule has 0 aliphatic carbocycles. The molecule has 2 saturated heterocycles. The number of nitrogens with zero attached hydrogens (tertiary/aromatic N) is 4. The van der Waals surface area contributed by atoms with E-state index in [1.54, 1.807) is 11.0 Å². The van der Waals surface area contributed by atoms with Crippen molar-refractivity contribution in [3.63, 3.8) is 0 Å². The molecular weight excluding hydrogens is 589 g/mol. The number of amides is 2. The second-order valence-corrected chi connectivity index (χ2v) is 12.6. The van der Waals surface area contributed by atoms with Crippen LogP contribution in [-0.4, -0.2) is 58.2 Å². The summed E-state index contributed by atoms with van der Waals surface area (Å²) in [5.41, 5.74) is 0.499. The summed E-state index contributed by atoms with van der Waals surface area (Å²) in [6.07, 6.45) is -4.18. The van der Waals surface area contributed by atoms with E-state index in [0.717, 1.165) is 42.3 Å². The van der Waals surface area contributed by atoms with Crippen molar-refractivity contribution in [3.05, 3.63) is 82.5 Å². The van der Waals surface area contributed by atoms with Crippen LogP contribution < -0.4 is 10.2 Å². The first kappa shape index (κ1) is 32.3. The summed E-state index contributed by atoms with van der Waals surface area (Å²) in [6, 6.07) is 13.7. The number of alkyl halides is 3. The lowest BCUT2D eigenvalue weighted by Gasteiger charge is -2.22. The highest BCUT2D eigenvalue weighted by atomic mass is 19.4. The summed E-state index contributed by atoms with van der Waals surface area (Å²) in [6.45, 7) is 9.11. The SMILES string of the molecule is C[C@H](c1ccccc1)N1C[C@@H](COc2ccc(C(F)(F)F)cc2C(=O)/N=c2\cc(C(C)(C)C)n(C)n2C[C@H]2CCCO2)OC1=O. The number of halogens is 3. The van der Waals surface area contributed by atoms with E-state index in [0.29, 0.717) is 18.6 Å². The van der Waals surface area contributed by atoms with Crippen LogP contribution in [0.2, 0.25) is 0 Å². The molecule has 3 heterocycles. The predicted molar refractivity (Wildman–Crippen MR) is 160 cm³/mol. The summed E-state index contributed by atoms with van der Waals surface area (Å²) < 4.78 is 62.1. The minimum absolute atomic E-state index is 0.0637. The number of carbonyl (C=O) groups excluding carboxylic acids is 2. The first-order valence-corrected chi connectivity index (χ1v) is 15.1. The van der Waals surface area contributed by atoms with Gasteiger partial charge in [0.05, 0.1) is 36.4 Å². The van der Waals surface area contributed by atoms with Crippen molar-refractivity contribution in [2.75, 3.05) is 19.8 Å². The number of hydrogen-bond donors (Lipinski definition) is 0. The molecule has 3 aromatic rings. The van der Waals surface area contributed by atoms with Gasteiger partial charge in [0.15, 0.2) is 11.6 Å². The third-order valence-corrected chi connectivity index (χ3v) is 8.24. The number of hydrogen-bond acceptors (Lipinski definition) is 5. The normalized spacial score (nSPS) is 20.0. The van der Waals surface area contributed by atoms with Crippen molar-refractivity contribution in [1.82, 2.24) is 14.3 Å². The van der Waals surface area contributed by atoms with Gasteiger partial charge in [-0.15, -0.1) is 0 Å². The van der Waals surface area contributed by atoms with E-state index in [-0.39, 0.29) is 42.0 Å². The fourth-order valence-electron chi connectivity index (χ4n) is 5.77. The average Bonchev–Trinajstić information content (AvgIpc) is 3.71. The molecule has 0 N–H and O–H groups in total. The molecule has 2 fully saturated rings. The van der Waals surface area contributed by atoms with Gasteiger partial charge < -0.3 is 14.2 Å². The van der Waals surface area contributed by atoms with Gasteiger partial charge in [0.25, 0.3) is 5.91 Å². The molecule has 0 saturated carbocycles. The smallest absolute Gasteiger partial charge is 0.416 e. The summed E-state index contributed by atoms with van der Waals surface area (Å²) in [5, 5.41) is 0. The number of benzene rings is 2. The molecule has 9 nitrogen and oxygen atoms in total. The van der Waals surface area contributed by atoms with E-state index in [2.05, 4.69) is 4.99 Å². The average molecular weight is 629 g/mol. The molecule has 0 unspecified atom stereocenters. The van der Waals surface area contributed by atoms with Gasteiger partial charge in [-0.05, 0) is 43.5 Å². The van der Waals surface area contributed by atoms with Gasteiger partial charge in [-0.2, -0.15) is 18.2 Å². The van der Waals surface area contributed by atoms with Crippen LogP contribution in [0.1, 0.15) is 73.8 Å². The number of carbonyl (C=O) groups is 2. The fourth-order valence-corrected chi connectivity index (χ4v) is 5.77. The Labute approximate surface area is 260 Å². The molecule has 0 spiro atoms. The molecule has 2 aromatic carbocycles. The molecule has 5 rings (SSSR count). The maximum Gasteiger partial charge on any atom is 0.416 e. The minimum atomic E-state index is -4.69. The molecule has 0 radical (unpaired) electrons. The van der Waals surface area contributed by atoms with Gasteiger partial charge in [0.1, 0.15) is 12.4 Å². The van der Waals surface area contributed by atoms with Crippen molar-refractivity contribution in [1.29, 1.82) is 0 Å². The van der Waals surface area contributed by atoms with Crippen LogP contribution in [0.15, 0.2) is 59.6 Å². The third kappa shape index (κ3) is 7.27. The topological polar surface area (TPSA) is 87.3 Å². The Hall–Kier alpha value is -4.06. The highest BCUT2D eigenvalue weighted by molar-refractivity contribution is 5.97. The molecule has 2 aliphatic heterocycles. The maximum absolute atomic E-state index is 13.7. The molecule has 3 atom stereocenters. The highest BCUT2D eigenvalue weighted by Gasteiger charge is 2.36. The lowest BCUT2D eigenvalue weighted by Crippen LogP contribution is -2.30. The summed E-state index contributed by atoms with van der Waals surface area (Å²) in [7, 11) is 1.86. The molecule has 12 heteroatoms. The third-order valence-electron chi connectivity index (χ3n) is 8.24. The van der Waals surface area contributed by atoms with Crippen LogP contribution in [0.4, 0.5) is 18.0 Å². The predicted octanol–water partition coefficient (Wildman–Crippen LogP) is 6.02. The molecule has 0 bridgehead atoms. The van der Waals surface area contributed by atoms with E-state index in [4.69, 9.17) is 14.2 Å². The second-order valence-electron chi connectivity index (χ2n) is 12.6. The summed E-state index contributed by atoms with van der Waals surface area (Å²) in [4.78, 5) is 32.2. The molecular formula is C33H39F3N4O5. The van der Waals surface area contributed by atoms with E-state index in [1.165, 1.54) is 0 Å². The minimum Gasteiger partial charge on any atom is -0.489 e. The number of ether oxygens (including phenoxy) is 3. The molecule has 242 valence electrons. The van der Waals surface area contributed by atoms with E-state index in [9.17, 15) is 22.8 Å². The van der Waals surface area contributed by atoms with Crippen LogP contribution in [0, 0.1) is 0 Å². The quantitative estimate of drug-likeness (QED) is 0.304. The number of aromatic nitrogens is 2. The van der Waals surface area contributed by atoms with Crippen LogP contribution in [0.25, 0.3) is 0 Å². The van der Waals surface area contributed by atoms with E-state index < -0.39 is 29.8 Å². The standard InChI is InChI=1S/C33H39F3N4O5/c1-21(22-10-7-6-8-11-22)39-18-25(45-31(39)42)20-44-27-14-13-23(33(34,35)36)16-26(27)30(41)37-29-17-28(32(2,3)4)38(5)40(29)19-24-12-9-15-43-24/h6-8,10-11,13-14,16-17,21,24-25H,9,12,15,18-20H2,1-5H3/b37-29+/t21-,24-,25+/m1/s1. The van der Waals surface area contributed by atoms with Gasteiger partial charge in [-0.25, -0.2) is 4.79 Å². The van der Waals surface area contributed by atoms with Crippen molar-refractivity contribution >= 4 is 12.0 Å². The van der Waals surface area contributed by atoms with Crippen LogP contribution in [-0.2, 0) is 34.7 Å².